The van der Waals surface area contributed by atoms with Crippen LogP contribution in [0.2, 0.25) is 0 Å². The second-order valence-electron chi connectivity index (χ2n) is 5.09. The Kier molecular flexibility index (Phi) is 5.03. The summed E-state index contributed by atoms with van der Waals surface area (Å²) >= 11 is 0. The number of benzene rings is 1. The van der Waals surface area contributed by atoms with Crippen LogP contribution in [0, 0.1) is 13.8 Å². The number of hydrogen-bond acceptors (Lipinski definition) is 7. The zero-order valence-electron chi connectivity index (χ0n) is 13.3. The fourth-order valence-electron chi connectivity index (χ4n) is 2.06. The molecule has 1 amide bonds. The first kappa shape index (κ1) is 17.7. The van der Waals surface area contributed by atoms with Crippen LogP contribution in [0.3, 0.4) is 0 Å². The molecule has 24 heavy (non-hydrogen) atoms. The monoisotopic (exact) mass is 352 g/mol. The molecule has 0 atom stereocenters. The van der Waals surface area contributed by atoms with Crippen LogP contribution >= 0.6 is 0 Å². The summed E-state index contributed by atoms with van der Waals surface area (Å²) in [6, 6.07) is 5.95. The molecule has 0 saturated carbocycles. The summed E-state index contributed by atoms with van der Waals surface area (Å²) in [4.78, 5) is 23.8. The number of para-hydroxylation sites is 1. The number of carbonyl (C=O) groups excluding carboxylic acids is 2. The van der Waals surface area contributed by atoms with Crippen LogP contribution in [-0.2, 0) is 19.4 Å². The summed E-state index contributed by atoms with van der Waals surface area (Å²) in [5, 5.41) is 6.04. The molecular weight excluding hydrogens is 336 g/mol. The van der Waals surface area contributed by atoms with Crippen molar-refractivity contribution < 1.29 is 27.3 Å². The summed E-state index contributed by atoms with van der Waals surface area (Å²) < 4.78 is 33.1. The molecule has 0 fully saturated rings. The molecule has 0 aliphatic carbocycles. The van der Waals surface area contributed by atoms with Gasteiger partial charge in [-0.2, -0.15) is 0 Å². The van der Waals surface area contributed by atoms with Crippen molar-refractivity contribution in [1.82, 2.24) is 5.16 Å². The molecular formula is C15H16N2O6S. The van der Waals surface area contributed by atoms with Crippen molar-refractivity contribution >= 4 is 27.4 Å². The highest BCUT2D eigenvalue weighted by Gasteiger charge is 2.20. The van der Waals surface area contributed by atoms with E-state index in [1.165, 1.54) is 12.1 Å². The third-order valence-electron chi connectivity index (χ3n) is 3.13. The van der Waals surface area contributed by atoms with E-state index in [0.29, 0.717) is 11.5 Å². The Morgan fingerprint density at radius 2 is 1.92 bits per heavy atom. The van der Waals surface area contributed by atoms with Crippen LogP contribution < -0.4 is 5.32 Å². The van der Waals surface area contributed by atoms with E-state index in [1.807, 2.05) is 0 Å². The maximum atomic E-state index is 11.9. The van der Waals surface area contributed by atoms with Gasteiger partial charge in [-0.25, -0.2) is 13.2 Å². The molecule has 0 aliphatic rings. The number of ether oxygens (including phenoxy) is 1. The van der Waals surface area contributed by atoms with Crippen LogP contribution in [0.15, 0.2) is 33.7 Å². The Labute approximate surface area is 138 Å². The molecule has 0 aliphatic heterocycles. The van der Waals surface area contributed by atoms with E-state index < -0.39 is 28.3 Å². The minimum Gasteiger partial charge on any atom is -0.452 e. The maximum absolute atomic E-state index is 11.9. The molecule has 1 aromatic carbocycles. The van der Waals surface area contributed by atoms with E-state index in [2.05, 4.69) is 10.5 Å². The van der Waals surface area contributed by atoms with Crippen LogP contribution in [0.5, 0.6) is 0 Å². The highest BCUT2D eigenvalue weighted by molar-refractivity contribution is 7.90. The van der Waals surface area contributed by atoms with Gasteiger partial charge in [-0.3, -0.25) is 4.79 Å². The van der Waals surface area contributed by atoms with E-state index in [1.54, 1.807) is 26.0 Å². The molecule has 0 radical (unpaired) electrons. The van der Waals surface area contributed by atoms with Crippen molar-refractivity contribution in [3.63, 3.8) is 0 Å². The SMILES string of the molecule is Cc1noc(C)c1C(=O)OCC(=O)Nc1ccccc1S(C)(=O)=O. The minimum atomic E-state index is -3.50. The largest absolute Gasteiger partial charge is 0.452 e. The van der Waals surface area contributed by atoms with Gasteiger partial charge in [0.05, 0.1) is 16.3 Å². The second-order valence-corrected chi connectivity index (χ2v) is 7.08. The van der Waals surface area contributed by atoms with Crippen molar-refractivity contribution in [1.29, 1.82) is 0 Å². The van der Waals surface area contributed by atoms with Gasteiger partial charge in [-0.1, -0.05) is 17.3 Å². The number of carbonyl (C=O) groups is 2. The molecule has 128 valence electrons. The topological polar surface area (TPSA) is 116 Å². The Bertz CT molecular complexity index is 866. The van der Waals surface area contributed by atoms with Gasteiger partial charge in [0.1, 0.15) is 11.3 Å². The highest BCUT2D eigenvalue weighted by atomic mass is 32.2. The summed E-state index contributed by atoms with van der Waals surface area (Å²) in [6.45, 7) is 2.57. The molecule has 8 nitrogen and oxygen atoms in total. The number of amides is 1. The average Bonchev–Trinajstić information content (AvgIpc) is 2.83. The predicted octanol–water partition coefficient (Wildman–Crippen LogP) is 1.49. The smallest absolute Gasteiger partial charge is 0.344 e. The number of nitrogens with zero attached hydrogens (tertiary/aromatic N) is 1. The number of hydrogen-bond donors (Lipinski definition) is 1. The van der Waals surface area contributed by atoms with Crippen LogP contribution in [-0.4, -0.2) is 38.3 Å². The lowest BCUT2D eigenvalue weighted by Crippen LogP contribution is -2.22. The predicted molar refractivity (Wildman–Crippen MR) is 84.4 cm³/mol. The molecule has 9 heteroatoms. The van der Waals surface area contributed by atoms with Crippen molar-refractivity contribution in [2.24, 2.45) is 0 Å². The lowest BCUT2D eigenvalue weighted by atomic mass is 10.2. The van der Waals surface area contributed by atoms with E-state index in [0.717, 1.165) is 6.26 Å². The van der Waals surface area contributed by atoms with Crippen LogP contribution in [0.1, 0.15) is 21.8 Å². The third-order valence-corrected chi connectivity index (χ3v) is 4.29. The lowest BCUT2D eigenvalue weighted by molar-refractivity contribution is -0.119. The van der Waals surface area contributed by atoms with E-state index in [9.17, 15) is 18.0 Å². The van der Waals surface area contributed by atoms with E-state index in [4.69, 9.17) is 9.26 Å². The quantitative estimate of drug-likeness (QED) is 0.810. The molecule has 1 aromatic heterocycles. The zero-order chi connectivity index (χ0) is 17.9. The van der Waals surface area contributed by atoms with E-state index >= 15 is 0 Å². The first-order chi connectivity index (χ1) is 11.2. The summed E-state index contributed by atoms with van der Waals surface area (Å²) in [5.41, 5.74) is 0.651. The molecule has 0 unspecified atom stereocenters. The Morgan fingerprint density at radius 1 is 1.25 bits per heavy atom. The number of rotatable bonds is 5. The van der Waals surface area contributed by atoms with Crippen LogP contribution in [0.4, 0.5) is 5.69 Å². The second kappa shape index (κ2) is 6.83. The molecule has 1 N–H and O–H groups in total. The number of aryl methyl sites for hydroxylation is 2. The van der Waals surface area contributed by atoms with Gasteiger partial charge in [0, 0.05) is 6.26 Å². The van der Waals surface area contributed by atoms with Gasteiger partial charge < -0.3 is 14.6 Å². The Hall–Kier alpha value is -2.68. The number of aromatic nitrogens is 1. The summed E-state index contributed by atoms with van der Waals surface area (Å²) in [7, 11) is -3.50. The van der Waals surface area contributed by atoms with Gasteiger partial charge in [0.25, 0.3) is 5.91 Å². The molecule has 0 saturated heterocycles. The molecule has 0 spiro atoms. The maximum Gasteiger partial charge on any atom is 0.344 e. The van der Waals surface area contributed by atoms with Gasteiger partial charge in [-0.15, -0.1) is 0 Å². The van der Waals surface area contributed by atoms with Crippen molar-refractivity contribution in [2.75, 3.05) is 18.2 Å². The molecule has 1 heterocycles. The van der Waals surface area contributed by atoms with Gasteiger partial charge >= 0.3 is 5.97 Å². The number of sulfone groups is 1. The molecule has 0 bridgehead atoms. The summed E-state index contributed by atoms with van der Waals surface area (Å²) in [5.74, 6) is -1.11. The van der Waals surface area contributed by atoms with Gasteiger partial charge in [-0.05, 0) is 26.0 Å². The minimum absolute atomic E-state index is 0.0181. The van der Waals surface area contributed by atoms with Crippen molar-refractivity contribution in [3.05, 3.63) is 41.3 Å². The normalized spacial score (nSPS) is 11.1. The van der Waals surface area contributed by atoms with Crippen molar-refractivity contribution in [3.8, 4) is 0 Å². The standard InChI is InChI=1S/C15H16N2O6S/c1-9-14(10(2)23-17-9)15(19)22-8-13(18)16-11-6-4-5-7-12(11)24(3,20)21/h4-7H,8H2,1-3H3,(H,16,18). The number of anilines is 1. The van der Waals surface area contributed by atoms with Crippen molar-refractivity contribution in [2.45, 2.75) is 18.7 Å². The average molecular weight is 352 g/mol. The van der Waals surface area contributed by atoms with Gasteiger partial charge in [0.2, 0.25) is 0 Å². The number of nitrogens with one attached hydrogen (secondary N) is 1. The Balaban J connectivity index is 2.04. The molecule has 2 rings (SSSR count). The fraction of sp³-hybridized carbons (Fsp3) is 0.267. The number of esters is 1. The third kappa shape index (κ3) is 3.99. The Morgan fingerprint density at radius 3 is 2.50 bits per heavy atom. The zero-order valence-corrected chi connectivity index (χ0v) is 14.1. The lowest BCUT2D eigenvalue weighted by Gasteiger charge is -2.10. The van der Waals surface area contributed by atoms with Gasteiger partial charge in [0.15, 0.2) is 16.4 Å². The summed E-state index contributed by atoms with van der Waals surface area (Å²) in [6.07, 6.45) is 1.04. The fourth-order valence-corrected chi connectivity index (χ4v) is 2.90. The first-order valence-corrected chi connectivity index (χ1v) is 8.78. The van der Waals surface area contributed by atoms with E-state index in [-0.39, 0.29) is 16.1 Å². The molecule has 2 aromatic rings. The first-order valence-electron chi connectivity index (χ1n) is 6.89. The van der Waals surface area contributed by atoms with Crippen LogP contribution in [0.25, 0.3) is 0 Å². The highest BCUT2D eigenvalue weighted by Crippen LogP contribution is 2.20.